The summed E-state index contributed by atoms with van der Waals surface area (Å²) in [5, 5.41) is 0. The summed E-state index contributed by atoms with van der Waals surface area (Å²) in [4.78, 5) is 0. The lowest BCUT2D eigenvalue weighted by Crippen LogP contribution is -2.02. The highest BCUT2D eigenvalue weighted by Gasteiger charge is 2.02. The quantitative estimate of drug-likeness (QED) is 0.317. The van der Waals surface area contributed by atoms with Crippen LogP contribution in [-0.2, 0) is 10.1 Å². The van der Waals surface area contributed by atoms with Gasteiger partial charge in [0.15, 0.2) is 0 Å². The minimum absolute atomic E-state index is 0.132. The predicted octanol–water partition coefficient (Wildman–Crippen LogP) is 5.32. The first kappa shape index (κ1) is 21.1. The van der Waals surface area contributed by atoms with Crippen LogP contribution < -0.4 is 0 Å². The summed E-state index contributed by atoms with van der Waals surface area (Å²) in [6, 6.07) is 0. The Balaban J connectivity index is 3.47. The largest absolute Gasteiger partial charge is 0.286 e. The molecule has 0 aliphatic rings. The van der Waals surface area contributed by atoms with Gasteiger partial charge in [0.05, 0.1) is 5.75 Å². The van der Waals surface area contributed by atoms with E-state index in [-0.39, 0.29) is 11.2 Å². The Bertz CT molecular complexity index is 451. The molecule has 0 aliphatic carbocycles. The number of hydrogen-bond acceptors (Lipinski definition) is 2. The average Bonchev–Trinajstić information content (AvgIpc) is 2.36. The van der Waals surface area contributed by atoms with Crippen molar-refractivity contribution in [2.24, 2.45) is 5.41 Å². The highest BCUT2D eigenvalue weighted by Crippen LogP contribution is 2.15. The van der Waals surface area contributed by atoms with Crippen LogP contribution in [-0.4, -0.2) is 18.7 Å². The van der Waals surface area contributed by atoms with Crippen LogP contribution >= 0.6 is 0 Å². The predicted molar refractivity (Wildman–Crippen MR) is 95.6 cm³/mol. The molecule has 0 unspecified atom stereocenters. The molecule has 0 saturated carbocycles. The molecule has 128 valence electrons. The lowest BCUT2D eigenvalue weighted by atomic mass is 9.96. The van der Waals surface area contributed by atoms with Gasteiger partial charge in [-0.05, 0) is 50.4 Å². The van der Waals surface area contributed by atoms with Gasteiger partial charge in [-0.3, -0.25) is 4.55 Å². The standard InChI is InChI=1S/C18H32O3S/c1-18(2,3)16-14-12-10-8-6-4-5-7-9-11-13-15-17-22(19,20)21/h6-9,14,16H,4-5,10-13,15,17H2,1-3H3,(H,19,20,21). The van der Waals surface area contributed by atoms with Crippen LogP contribution in [0.4, 0.5) is 0 Å². The summed E-state index contributed by atoms with van der Waals surface area (Å²) in [5.74, 6) is -0.132. The van der Waals surface area contributed by atoms with E-state index < -0.39 is 10.1 Å². The fourth-order valence-corrected chi connectivity index (χ4v) is 2.41. The number of hydrogen-bond donors (Lipinski definition) is 1. The van der Waals surface area contributed by atoms with Gasteiger partial charge in [-0.2, -0.15) is 8.42 Å². The number of allylic oxidation sites excluding steroid dienone is 6. The highest BCUT2D eigenvalue weighted by atomic mass is 32.2. The molecule has 0 bridgehead atoms. The van der Waals surface area contributed by atoms with Crippen molar-refractivity contribution in [2.75, 3.05) is 5.75 Å². The molecule has 1 N–H and O–H groups in total. The summed E-state index contributed by atoms with van der Waals surface area (Å²) < 4.78 is 29.6. The van der Waals surface area contributed by atoms with Gasteiger partial charge in [0.2, 0.25) is 0 Å². The second-order valence-corrected chi connectivity index (χ2v) is 8.22. The average molecular weight is 329 g/mol. The minimum Gasteiger partial charge on any atom is -0.286 e. The van der Waals surface area contributed by atoms with E-state index in [2.05, 4.69) is 57.2 Å². The Kier molecular flexibility index (Phi) is 11.2. The van der Waals surface area contributed by atoms with Crippen LogP contribution in [0.3, 0.4) is 0 Å². The highest BCUT2D eigenvalue weighted by molar-refractivity contribution is 7.85. The molecule has 0 rings (SSSR count). The van der Waals surface area contributed by atoms with Gasteiger partial charge in [-0.25, -0.2) is 0 Å². The monoisotopic (exact) mass is 328 g/mol. The summed E-state index contributed by atoms with van der Waals surface area (Å²) in [6.45, 7) is 6.61. The maximum Gasteiger partial charge on any atom is 0.264 e. The van der Waals surface area contributed by atoms with E-state index in [9.17, 15) is 8.42 Å². The second-order valence-electron chi connectivity index (χ2n) is 6.65. The molecule has 0 heterocycles. The molecule has 4 heteroatoms. The zero-order valence-corrected chi connectivity index (χ0v) is 15.1. The molecular weight excluding hydrogens is 296 g/mol. The number of unbranched alkanes of at least 4 members (excludes halogenated alkanes) is 4. The second kappa shape index (κ2) is 11.7. The van der Waals surface area contributed by atoms with Gasteiger partial charge in [-0.1, -0.05) is 57.2 Å². The van der Waals surface area contributed by atoms with Crippen LogP contribution in [0.2, 0.25) is 0 Å². The lowest BCUT2D eigenvalue weighted by Gasteiger charge is -2.10. The van der Waals surface area contributed by atoms with Crippen LogP contribution in [0.25, 0.3) is 0 Å². The summed E-state index contributed by atoms with van der Waals surface area (Å²) in [5.41, 5.74) is 0.274. The fraction of sp³-hybridized carbons (Fsp3) is 0.667. The Labute approximate surface area is 137 Å². The summed E-state index contributed by atoms with van der Waals surface area (Å²) >= 11 is 0. The van der Waals surface area contributed by atoms with E-state index in [0.29, 0.717) is 6.42 Å². The molecule has 0 radical (unpaired) electrons. The SMILES string of the molecule is CC(C)(C)C=CCCC=CCCC=CCCCCS(=O)(=O)O. The maximum atomic E-state index is 10.5. The summed E-state index contributed by atoms with van der Waals surface area (Å²) in [6.07, 6.45) is 19.6. The molecule has 0 amide bonds. The number of rotatable bonds is 11. The minimum atomic E-state index is -3.78. The van der Waals surface area contributed by atoms with Crippen molar-refractivity contribution >= 4 is 10.1 Å². The first-order chi connectivity index (χ1) is 10.2. The first-order valence-corrected chi connectivity index (χ1v) is 9.74. The van der Waals surface area contributed by atoms with E-state index in [1.54, 1.807) is 0 Å². The molecule has 0 aromatic heterocycles. The fourth-order valence-electron chi connectivity index (χ4n) is 1.84. The molecule has 0 aliphatic heterocycles. The van der Waals surface area contributed by atoms with E-state index in [4.69, 9.17) is 4.55 Å². The Morgan fingerprint density at radius 2 is 1.23 bits per heavy atom. The topological polar surface area (TPSA) is 54.4 Å². The van der Waals surface area contributed by atoms with Gasteiger partial charge >= 0.3 is 0 Å². The maximum absolute atomic E-state index is 10.5. The van der Waals surface area contributed by atoms with Crippen LogP contribution in [0.15, 0.2) is 36.5 Å². The van der Waals surface area contributed by atoms with E-state index >= 15 is 0 Å². The molecule has 0 atom stereocenters. The van der Waals surface area contributed by atoms with Crippen molar-refractivity contribution in [3.8, 4) is 0 Å². The third kappa shape index (κ3) is 19.1. The van der Waals surface area contributed by atoms with Gasteiger partial charge in [0, 0.05) is 0 Å². The molecule has 0 aromatic carbocycles. The van der Waals surface area contributed by atoms with Crippen molar-refractivity contribution in [2.45, 2.75) is 65.7 Å². The zero-order valence-electron chi connectivity index (χ0n) is 14.3. The summed E-state index contributed by atoms with van der Waals surface area (Å²) in [7, 11) is -3.78. The van der Waals surface area contributed by atoms with Crippen LogP contribution in [0, 0.1) is 5.41 Å². The smallest absolute Gasteiger partial charge is 0.264 e. The zero-order chi connectivity index (χ0) is 16.9. The van der Waals surface area contributed by atoms with Gasteiger partial charge in [0.1, 0.15) is 0 Å². The van der Waals surface area contributed by atoms with Gasteiger partial charge < -0.3 is 0 Å². The van der Waals surface area contributed by atoms with Crippen LogP contribution in [0.5, 0.6) is 0 Å². The molecule has 22 heavy (non-hydrogen) atoms. The van der Waals surface area contributed by atoms with E-state index in [1.165, 1.54) is 0 Å². The van der Waals surface area contributed by atoms with Crippen LogP contribution in [0.1, 0.15) is 65.7 Å². The molecule has 0 fully saturated rings. The van der Waals surface area contributed by atoms with Crippen molar-refractivity contribution in [1.82, 2.24) is 0 Å². The third-order valence-electron chi connectivity index (χ3n) is 2.97. The van der Waals surface area contributed by atoms with Crippen molar-refractivity contribution in [1.29, 1.82) is 0 Å². The van der Waals surface area contributed by atoms with Gasteiger partial charge in [0.25, 0.3) is 10.1 Å². The normalized spacial score (nSPS) is 13.8. The lowest BCUT2D eigenvalue weighted by molar-refractivity contribution is 0.480. The van der Waals surface area contributed by atoms with Gasteiger partial charge in [-0.15, -0.1) is 0 Å². The third-order valence-corrected chi connectivity index (χ3v) is 3.78. The molecule has 0 spiro atoms. The first-order valence-electron chi connectivity index (χ1n) is 8.13. The van der Waals surface area contributed by atoms with E-state index in [1.807, 2.05) is 0 Å². The molecular formula is C18H32O3S. The molecule has 0 aromatic rings. The Hall–Kier alpha value is -0.870. The van der Waals surface area contributed by atoms with Crippen molar-refractivity contribution in [3.05, 3.63) is 36.5 Å². The Morgan fingerprint density at radius 1 is 0.773 bits per heavy atom. The van der Waals surface area contributed by atoms with Crippen molar-refractivity contribution < 1.29 is 13.0 Å². The molecule has 0 saturated heterocycles. The molecule has 3 nitrogen and oxygen atoms in total. The van der Waals surface area contributed by atoms with E-state index in [0.717, 1.165) is 38.5 Å². The van der Waals surface area contributed by atoms with Crippen molar-refractivity contribution in [3.63, 3.8) is 0 Å². The Morgan fingerprint density at radius 3 is 1.68 bits per heavy atom.